The van der Waals surface area contributed by atoms with Crippen LogP contribution in [0.1, 0.15) is 12.5 Å². The third kappa shape index (κ3) is 4.21. The van der Waals surface area contributed by atoms with Gasteiger partial charge in [-0.1, -0.05) is 24.3 Å². The van der Waals surface area contributed by atoms with Crippen LogP contribution in [-0.4, -0.2) is 30.0 Å². The first-order valence-electron chi connectivity index (χ1n) is 6.82. The lowest BCUT2D eigenvalue weighted by Gasteiger charge is -2.05. The minimum absolute atomic E-state index is 0.253. The van der Waals surface area contributed by atoms with E-state index in [1.165, 1.54) is 6.08 Å². The van der Waals surface area contributed by atoms with Gasteiger partial charge in [0.25, 0.3) is 5.91 Å². The third-order valence-electron chi connectivity index (χ3n) is 3.04. The molecule has 1 amide bonds. The van der Waals surface area contributed by atoms with E-state index in [9.17, 15) is 9.59 Å². The predicted octanol–water partition coefficient (Wildman–Crippen LogP) is 1.95. The summed E-state index contributed by atoms with van der Waals surface area (Å²) in [6.07, 6.45) is 5.51. The molecule has 2 N–H and O–H groups in total. The summed E-state index contributed by atoms with van der Waals surface area (Å²) in [7, 11) is 0. The summed E-state index contributed by atoms with van der Waals surface area (Å²) in [5.41, 5.74) is 2.23. The number of carbonyl (C=O) groups is 2. The van der Waals surface area contributed by atoms with Crippen molar-refractivity contribution >= 4 is 22.8 Å². The summed E-state index contributed by atoms with van der Waals surface area (Å²) in [5.74, 6) is -0.808. The number of carbonyl (C=O) groups excluding carboxylic acids is 2. The molecule has 0 fully saturated rings. The van der Waals surface area contributed by atoms with Crippen LogP contribution >= 0.6 is 0 Å². The van der Waals surface area contributed by atoms with Gasteiger partial charge in [-0.15, -0.1) is 0 Å². The molecule has 0 atom stereocenters. The molecule has 110 valence electrons. The number of rotatable bonds is 6. The number of allylic oxidation sites excluding steroid dienone is 1. The highest BCUT2D eigenvalue weighted by Crippen LogP contribution is 2.17. The monoisotopic (exact) mass is 286 g/mol. The van der Waals surface area contributed by atoms with Crippen molar-refractivity contribution in [3.8, 4) is 0 Å². The van der Waals surface area contributed by atoms with Gasteiger partial charge >= 0.3 is 5.97 Å². The number of amides is 1. The van der Waals surface area contributed by atoms with Crippen LogP contribution in [0.2, 0.25) is 0 Å². The van der Waals surface area contributed by atoms with Gasteiger partial charge in [-0.25, -0.2) is 4.79 Å². The Morgan fingerprint density at radius 3 is 2.95 bits per heavy atom. The molecule has 1 aromatic heterocycles. The molecule has 1 heterocycles. The first-order valence-corrected chi connectivity index (χ1v) is 6.82. The molecule has 0 aliphatic carbocycles. The number of fused-ring (bicyclic) bond motifs is 1. The van der Waals surface area contributed by atoms with Crippen molar-refractivity contribution < 1.29 is 14.3 Å². The second-order valence-corrected chi connectivity index (χ2v) is 4.57. The molecule has 2 rings (SSSR count). The molecule has 5 nitrogen and oxygen atoms in total. The molecule has 0 aliphatic heterocycles. The van der Waals surface area contributed by atoms with Gasteiger partial charge in [0.1, 0.15) is 0 Å². The lowest BCUT2D eigenvalue weighted by atomic mass is 10.1. The van der Waals surface area contributed by atoms with Gasteiger partial charge < -0.3 is 15.0 Å². The zero-order valence-electron chi connectivity index (χ0n) is 11.9. The topological polar surface area (TPSA) is 71.2 Å². The highest BCUT2D eigenvalue weighted by molar-refractivity contribution is 5.86. The van der Waals surface area contributed by atoms with Crippen molar-refractivity contribution in [2.75, 3.05) is 13.2 Å². The van der Waals surface area contributed by atoms with Crippen LogP contribution in [0.5, 0.6) is 0 Å². The van der Waals surface area contributed by atoms with Crippen LogP contribution < -0.4 is 5.32 Å². The number of ether oxygens (including phenoxy) is 1. The largest absolute Gasteiger partial charge is 0.452 e. The fourth-order valence-electron chi connectivity index (χ4n) is 2.05. The van der Waals surface area contributed by atoms with Crippen molar-refractivity contribution in [3.05, 3.63) is 48.2 Å². The van der Waals surface area contributed by atoms with E-state index in [1.54, 1.807) is 13.0 Å². The Morgan fingerprint density at radius 1 is 1.33 bits per heavy atom. The number of para-hydroxylation sites is 1. The normalized spacial score (nSPS) is 10.9. The zero-order chi connectivity index (χ0) is 15.1. The van der Waals surface area contributed by atoms with Crippen molar-refractivity contribution in [2.45, 2.75) is 13.3 Å². The number of H-pyrrole nitrogens is 1. The Labute approximate surface area is 123 Å². The number of esters is 1. The first kappa shape index (κ1) is 14.8. The minimum Gasteiger partial charge on any atom is -0.452 e. The maximum atomic E-state index is 11.5. The highest BCUT2D eigenvalue weighted by Gasteiger charge is 2.06. The van der Waals surface area contributed by atoms with Crippen molar-refractivity contribution in [1.29, 1.82) is 0 Å². The van der Waals surface area contributed by atoms with E-state index in [0.717, 1.165) is 22.9 Å². The highest BCUT2D eigenvalue weighted by atomic mass is 16.5. The molecule has 21 heavy (non-hydrogen) atoms. The zero-order valence-corrected chi connectivity index (χ0v) is 11.9. The van der Waals surface area contributed by atoms with E-state index in [2.05, 4.69) is 10.3 Å². The average molecular weight is 286 g/mol. The van der Waals surface area contributed by atoms with Gasteiger partial charge in [0, 0.05) is 29.7 Å². The average Bonchev–Trinajstić information content (AvgIpc) is 2.89. The SMILES string of the molecule is C/C=C/C(=O)OCC(=O)NCCc1c[nH]c2ccccc12. The van der Waals surface area contributed by atoms with Gasteiger partial charge in [0.2, 0.25) is 0 Å². The molecule has 0 aliphatic rings. The smallest absolute Gasteiger partial charge is 0.330 e. The summed E-state index contributed by atoms with van der Waals surface area (Å²) >= 11 is 0. The summed E-state index contributed by atoms with van der Waals surface area (Å²) in [6.45, 7) is 1.96. The molecule has 5 heteroatoms. The summed E-state index contributed by atoms with van der Waals surface area (Å²) in [4.78, 5) is 25.8. The van der Waals surface area contributed by atoms with E-state index in [-0.39, 0.29) is 12.5 Å². The Morgan fingerprint density at radius 2 is 2.14 bits per heavy atom. The number of nitrogens with one attached hydrogen (secondary N) is 2. The van der Waals surface area contributed by atoms with Crippen LogP contribution in [0.4, 0.5) is 0 Å². The molecular weight excluding hydrogens is 268 g/mol. The number of aromatic amines is 1. The number of hydrogen-bond acceptors (Lipinski definition) is 3. The number of hydrogen-bond donors (Lipinski definition) is 2. The van der Waals surface area contributed by atoms with Crippen LogP contribution in [0.3, 0.4) is 0 Å². The maximum absolute atomic E-state index is 11.5. The lowest BCUT2D eigenvalue weighted by molar-refractivity contribution is -0.143. The molecule has 0 radical (unpaired) electrons. The molecule has 2 aromatic rings. The molecule has 1 aromatic carbocycles. The van der Waals surface area contributed by atoms with Gasteiger partial charge in [0.05, 0.1) is 0 Å². The fourth-order valence-corrected chi connectivity index (χ4v) is 2.05. The molecule has 0 bridgehead atoms. The van der Waals surface area contributed by atoms with E-state index in [1.807, 2.05) is 30.5 Å². The molecule has 0 unspecified atom stereocenters. The number of benzene rings is 1. The molecule has 0 spiro atoms. The number of aromatic nitrogens is 1. The van der Waals surface area contributed by atoms with Crippen LogP contribution in [0.15, 0.2) is 42.6 Å². The summed E-state index contributed by atoms with van der Waals surface area (Å²) in [5, 5.41) is 3.89. The van der Waals surface area contributed by atoms with Gasteiger partial charge in [-0.3, -0.25) is 4.79 Å². The van der Waals surface area contributed by atoms with E-state index >= 15 is 0 Å². The van der Waals surface area contributed by atoms with E-state index < -0.39 is 5.97 Å². The minimum atomic E-state index is -0.510. The predicted molar refractivity (Wildman–Crippen MR) is 80.8 cm³/mol. The fraction of sp³-hybridized carbons (Fsp3) is 0.250. The van der Waals surface area contributed by atoms with Crippen LogP contribution in [0.25, 0.3) is 10.9 Å². The quantitative estimate of drug-likeness (QED) is 0.630. The van der Waals surface area contributed by atoms with Crippen molar-refractivity contribution in [2.24, 2.45) is 0 Å². The van der Waals surface area contributed by atoms with Crippen LogP contribution in [0, 0.1) is 0 Å². The molecule has 0 saturated carbocycles. The Balaban J connectivity index is 1.76. The van der Waals surface area contributed by atoms with E-state index in [4.69, 9.17) is 4.74 Å². The van der Waals surface area contributed by atoms with Crippen molar-refractivity contribution in [1.82, 2.24) is 10.3 Å². The summed E-state index contributed by atoms with van der Waals surface area (Å²) < 4.78 is 4.76. The Bertz CT molecular complexity index is 658. The Kier molecular flexibility index (Phi) is 5.15. The van der Waals surface area contributed by atoms with Gasteiger partial charge in [-0.05, 0) is 25.0 Å². The molecule has 0 saturated heterocycles. The summed E-state index contributed by atoms with van der Waals surface area (Å²) in [6, 6.07) is 8.02. The second-order valence-electron chi connectivity index (χ2n) is 4.57. The Hall–Kier alpha value is -2.56. The first-order chi connectivity index (χ1) is 10.2. The standard InChI is InChI=1S/C16H18N2O3/c1-2-5-16(20)21-11-15(19)17-9-8-12-10-18-14-7-4-3-6-13(12)14/h2-7,10,18H,8-9,11H2,1H3,(H,17,19)/b5-2+. The van der Waals surface area contributed by atoms with Crippen LogP contribution in [-0.2, 0) is 20.7 Å². The van der Waals surface area contributed by atoms with E-state index in [0.29, 0.717) is 6.54 Å². The van der Waals surface area contributed by atoms with Crippen molar-refractivity contribution in [3.63, 3.8) is 0 Å². The lowest BCUT2D eigenvalue weighted by Crippen LogP contribution is -2.30. The van der Waals surface area contributed by atoms with Gasteiger partial charge in [0.15, 0.2) is 6.61 Å². The maximum Gasteiger partial charge on any atom is 0.330 e. The molecular formula is C16H18N2O3. The third-order valence-corrected chi connectivity index (χ3v) is 3.04. The van der Waals surface area contributed by atoms with Gasteiger partial charge in [-0.2, -0.15) is 0 Å². The second kappa shape index (κ2) is 7.28.